The number of nitrogens with one attached hydrogen (secondary N) is 1. The van der Waals surface area contributed by atoms with Crippen molar-refractivity contribution in [3.8, 4) is 0 Å². The summed E-state index contributed by atoms with van der Waals surface area (Å²) in [6, 6.07) is 10.2. The summed E-state index contributed by atoms with van der Waals surface area (Å²) in [6.45, 7) is 4.67. The molecule has 0 atom stereocenters. The van der Waals surface area contributed by atoms with Crippen LogP contribution in [0, 0.1) is 5.82 Å². The van der Waals surface area contributed by atoms with Crippen molar-refractivity contribution in [2.24, 2.45) is 0 Å². The fourth-order valence-corrected chi connectivity index (χ4v) is 6.40. The zero-order valence-corrected chi connectivity index (χ0v) is 24.5. The molecule has 1 saturated heterocycles. The van der Waals surface area contributed by atoms with Crippen molar-refractivity contribution in [1.82, 2.24) is 14.1 Å². The Morgan fingerprint density at radius 2 is 1.69 bits per heavy atom. The van der Waals surface area contributed by atoms with Gasteiger partial charge in [-0.1, -0.05) is 49.2 Å². The van der Waals surface area contributed by atoms with Gasteiger partial charge in [-0.2, -0.15) is 4.31 Å². The Morgan fingerprint density at radius 1 is 1.03 bits per heavy atom. The average molecular weight is 602 g/mol. The van der Waals surface area contributed by atoms with Crippen molar-refractivity contribution >= 4 is 50.9 Å². The average Bonchev–Trinajstić information content (AvgIpc) is 2.90. The summed E-state index contributed by atoms with van der Waals surface area (Å²) in [7, 11) is -3.57. The van der Waals surface area contributed by atoms with Crippen LogP contribution in [0.15, 0.2) is 42.5 Å². The number of hydrogen-bond acceptors (Lipinski definition) is 4. The van der Waals surface area contributed by atoms with Crippen LogP contribution < -0.4 is 5.32 Å². The SMILES string of the molecule is CCCN(CC(=O)N(Cc1ccc(F)cc1)C1CCN(C(=O)Nc2ccc(Cl)c(Cl)c2)CC1)S(=O)(=O)CCC. The Kier molecular flexibility index (Phi) is 11.4. The fraction of sp³-hybridized carbons (Fsp3) is 0.481. The first-order chi connectivity index (χ1) is 18.5. The number of carbonyl (C=O) groups is 2. The second kappa shape index (κ2) is 14.3. The predicted molar refractivity (Wildman–Crippen MR) is 153 cm³/mol. The van der Waals surface area contributed by atoms with Gasteiger partial charge in [0.05, 0.1) is 22.3 Å². The quantitative estimate of drug-likeness (QED) is 0.363. The summed E-state index contributed by atoms with van der Waals surface area (Å²) in [4.78, 5) is 29.8. The van der Waals surface area contributed by atoms with Crippen molar-refractivity contribution in [1.29, 1.82) is 0 Å². The maximum Gasteiger partial charge on any atom is 0.321 e. The maximum atomic E-state index is 13.6. The molecule has 2 aromatic carbocycles. The molecule has 0 unspecified atom stereocenters. The molecular formula is C27H35Cl2FN4O4S. The summed E-state index contributed by atoms with van der Waals surface area (Å²) in [6.07, 6.45) is 2.06. The van der Waals surface area contributed by atoms with Crippen LogP contribution in [-0.4, -0.2) is 72.4 Å². The monoisotopic (exact) mass is 600 g/mol. The third-order valence-electron chi connectivity index (χ3n) is 6.59. The number of likely N-dealkylation sites (tertiary alicyclic amines) is 1. The van der Waals surface area contributed by atoms with E-state index in [1.165, 1.54) is 16.4 Å². The highest BCUT2D eigenvalue weighted by molar-refractivity contribution is 7.89. The van der Waals surface area contributed by atoms with Crippen molar-refractivity contribution in [2.45, 2.75) is 52.1 Å². The molecule has 1 heterocycles. The number of rotatable bonds is 11. The minimum Gasteiger partial charge on any atom is -0.334 e. The van der Waals surface area contributed by atoms with Crippen molar-refractivity contribution < 1.29 is 22.4 Å². The smallest absolute Gasteiger partial charge is 0.321 e. The number of carbonyl (C=O) groups excluding carboxylic acids is 2. The van der Waals surface area contributed by atoms with Gasteiger partial charge in [0.2, 0.25) is 15.9 Å². The van der Waals surface area contributed by atoms with Crippen molar-refractivity contribution in [3.05, 3.63) is 63.9 Å². The molecule has 0 bridgehead atoms. The van der Waals surface area contributed by atoms with Crippen molar-refractivity contribution in [3.63, 3.8) is 0 Å². The molecule has 8 nitrogen and oxygen atoms in total. The Balaban J connectivity index is 1.72. The molecule has 12 heteroatoms. The standard InChI is InChI=1S/C27H35Cl2FN4O4S/c1-3-13-33(39(37,38)16-4-2)19-26(35)34(18-20-5-7-21(30)8-6-20)23-11-14-32(15-12-23)27(36)31-22-9-10-24(28)25(29)17-22/h5-10,17,23H,3-4,11-16,18-19H2,1-2H3,(H,31,36). The predicted octanol–water partition coefficient (Wildman–Crippen LogP) is 5.61. The molecule has 214 valence electrons. The summed E-state index contributed by atoms with van der Waals surface area (Å²) >= 11 is 12.0. The number of halogens is 3. The first-order valence-corrected chi connectivity index (χ1v) is 15.4. The van der Waals surface area contributed by atoms with E-state index in [2.05, 4.69) is 5.32 Å². The highest BCUT2D eigenvalue weighted by Gasteiger charge is 2.32. The van der Waals surface area contributed by atoms with Gasteiger partial charge in [-0.15, -0.1) is 0 Å². The third kappa shape index (κ3) is 8.79. The number of amides is 3. The molecule has 3 rings (SSSR count). The largest absolute Gasteiger partial charge is 0.334 e. The molecule has 1 aliphatic heterocycles. The van der Waals surface area contributed by atoms with Crippen LogP contribution >= 0.6 is 23.2 Å². The molecule has 39 heavy (non-hydrogen) atoms. The van der Waals surface area contributed by atoms with Gasteiger partial charge in [0, 0.05) is 37.9 Å². The van der Waals surface area contributed by atoms with Crippen LogP contribution in [-0.2, 0) is 21.4 Å². The van der Waals surface area contributed by atoms with Gasteiger partial charge in [-0.25, -0.2) is 17.6 Å². The minimum atomic E-state index is -3.57. The molecule has 1 aliphatic rings. The van der Waals surface area contributed by atoms with Gasteiger partial charge in [0.1, 0.15) is 5.82 Å². The molecule has 1 N–H and O–H groups in total. The molecule has 0 radical (unpaired) electrons. The molecule has 3 amide bonds. The number of sulfonamides is 1. The topological polar surface area (TPSA) is 90.0 Å². The lowest BCUT2D eigenvalue weighted by Gasteiger charge is -2.39. The van der Waals surface area contributed by atoms with Gasteiger partial charge < -0.3 is 15.1 Å². The lowest BCUT2D eigenvalue weighted by atomic mass is 10.0. The molecule has 0 spiro atoms. The van der Waals surface area contributed by atoms with Gasteiger partial charge in [0.15, 0.2) is 0 Å². The van der Waals surface area contributed by atoms with E-state index in [0.717, 1.165) is 5.56 Å². The van der Waals surface area contributed by atoms with E-state index in [-0.39, 0.29) is 49.2 Å². The zero-order valence-electron chi connectivity index (χ0n) is 22.2. The zero-order chi connectivity index (χ0) is 28.6. The van der Waals surface area contributed by atoms with Gasteiger partial charge >= 0.3 is 6.03 Å². The first-order valence-electron chi connectivity index (χ1n) is 13.1. The Hall–Kier alpha value is -2.40. The van der Waals surface area contributed by atoms with Crippen LogP contribution in [0.4, 0.5) is 14.9 Å². The molecule has 0 saturated carbocycles. The Bertz CT molecular complexity index is 1240. The van der Waals surface area contributed by atoms with Gasteiger partial charge in [-0.05, 0) is 61.6 Å². The summed E-state index contributed by atoms with van der Waals surface area (Å²) in [5.74, 6) is -0.714. The van der Waals surface area contributed by atoms with E-state index >= 15 is 0 Å². The summed E-state index contributed by atoms with van der Waals surface area (Å²) in [5.41, 5.74) is 1.26. The highest BCUT2D eigenvalue weighted by atomic mass is 35.5. The molecule has 1 fully saturated rings. The Labute approximate surface area is 240 Å². The third-order valence-corrected chi connectivity index (χ3v) is 9.35. The molecule has 0 aromatic heterocycles. The number of piperidine rings is 1. The van der Waals surface area contributed by atoms with Crippen LogP contribution in [0.3, 0.4) is 0 Å². The summed E-state index contributed by atoms with van der Waals surface area (Å²) < 4.78 is 40.4. The number of nitrogens with zero attached hydrogens (tertiary/aromatic N) is 3. The second-order valence-electron chi connectivity index (χ2n) is 9.57. The van der Waals surface area contributed by atoms with Gasteiger partial charge in [-0.3, -0.25) is 4.79 Å². The molecular weight excluding hydrogens is 566 g/mol. The van der Waals surface area contributed by atoms with Crippen molar-refractivity contribution in [2.75, 3.05) is 37.2 Å². The van der Waals surface area contributed by atoms with Gasteiger partial charge in [0.25, 0.3) is 0 Å². The van der Waals surface area contributed by atoms with E-state index in [4.69, 9.17) is 23.2 Å². The molecule has 2 aromatic rings. The number of urea groups is 1. The summed E-state index contributed by atoms with van der Waals surface area (Å²) in [5, 5.41) is 3.54. The van der Waals surface area contributed by atoms with E-state index in [0.29, 0.717) is 54.5 Å². The lowest BCUT2D eigenvalue weighted by molar-refractivity contribution is -0.135. The van der Waals surface area contributed by atoms with E-state index < -0.39 is 10.0 Å². The van der Waals surface area contributed by atoms with E-state index in [1.54, 1.807) is 47.1 Å². The number of hydrogen-bond donors (Lipinski definition) is 1. The minimum absolute atomic E-state index is 0.0232. The first kappa shape index (κ1) is 31.1. The fourth-order valence-electron chi connectivity index (χ4n) is 4.56. The molecule has 0 aliphatic carbocycles. The lowest BCUT2D eigenvalue weighted by Crippen LogP contribution is -2.52. The van der Waals surface area contributed by atoms with Crippen LogP contribution in [0.25, 0.3) is 0 Å². The highest BCUT2D eigenvalue weighted by Crippen LogP contribution is 2.26. The number of benzene rings is 2. The number of anilines is 1. The van der Waals surface area contributed by atoms with Crippen LogP contribution in [0.1, 0.15) is 45.1 Å². The van der Waals surface area contributed by atoms with E-state index in [1.807, 2.05) is 6.92 Å². The maximum absolute atomic E-state index is 13.6. The Morgan fingerprint density at radius 3 is 2.28 bits per heavy atom. The van der Waals surface area contributed by atoms with Crippen LogP contribution in [0.2, 0.25) is 10.0 Å². The van der Waals surface area contributed by atoms with Crippen LogP contribution in [0.5, 0.6) is 0 Å². The van der Waals surface area contributed by atoms with E-state index in [9.17, 15) is 22.4 Å². The second-order valence-corrected chi connectivity index (χ2v) is 12.5. The normalized spacial score (nSPS) is 14.5.